The van der Waals surface area contributed by atoms with E-state index in [4.69, 9.17) is 0 Å². The Morgan fingerprint density at radius 2 is 1.57 bits per heavy atom. The number of urea groups is 1. The first-order valence-corrected chi connectivity index (χ1v) is 13.3. The Morgan fingerprint density at radius 1 is 0.973 bits per heavy atom. The molecule has 1 aliphatic heterocycles. The van der Waals surface area contributed by atoms with Crippen LogP contribution < -0.4 is 21.3 Å². The number of nitrogens with one attached hydrogen (secondary N) is 4. The Balaban J connectivity index is 1.83. The fourth-order valence-electron chi connectivity index (χ4n) is 5.59. The van der Waals surface area contributed by atoms with Crippen LogP contribution in [0.25, 0.3) is 0 Å². The zero-order chi connectivity index (χ0) is 28.1. The number of rotatable bonds is 8. The number of fused-ring (bicyclic) bond motifs is 1. The molecule has 1 saturated heterocycles. The Labute approximate surface area is 220 Å². The van der Waals surface area contributed by atoms with Gasteiger partial charge < -0.3 is 26.2 Å². The molecular formula is C27H45N5O5. The molecule has 208 valence electrons. The van der Waals surface area contributed by atoms with Gasteiger partial charge in [0, 0.05) is 19.1 Å². The average molecular weight is 520 g/mol. The van der Waals surface area contributed by atoms with E-state index < -0.39 is 52.7 Å². The van der Waals surface area contributed by atoms with Gasteiger partial charge in [-0.05, 0) is 55.8 Å². The first kappa shape index (κ1) is 28.9. The highest BCUT2D eigenvalue weighted by atomic mass is 16.2. The molecule has 4 N–H and O–H groups in total. The first-order chi connectivity index (χ1) is 16.9. The van der Waals surface area contributed by atoms with Crippen LogP contribution in [0, 0.1) is 28.6 Å². The van der Waals surface area contributed by atoms with Crippen LogP contribution in [0.1, 0.15) is 74.7 Å². The van der Waals surface area contributed by atoms with Crippen LogP contribution in [-0.4, -0.2) is 71.7 Å². The van der Waals surface area contributed by atoms with Crippen LogP contribution in [0.15, 0.2) is 0 Å². The van der Waals surface area contributed by atoms with Crippen molar-refractivity contribution in [2.45, 2.75) is 98.3 Å². The van der Waals surface area contributed by atoms with Crippen LogP contribution in [-0.2, 0) is 19.2 Å². The molecule has 0 aromatic carbocycles. The third kappa shape index (κ3) is 6.44. The lowest BCUT2D eigenvalue weighted by molar-refractivity contribution is -0.145. The number of hydrogen-bond acceptors (Lipinski definition) is 5. The zero-order valence-corrected chi connectivity index (χ0v) is 23.8. The number of Topliss-reactive ketones (excluding diaryl/α,β-unsaturated/α-hetero) is 1. The van der Waals surface area contributed by atoms with Crippen LogP contribution in [0.3, 0.4) is 0 Å². The second kappa shape index (κ2) is 9.91. The number of carbonyl (C=O) groups is 5. The van der Waals surface area contributed by atoms with Gasteiger partial charge in [0.15, 0.2) is 0 Å². The number of hydrogen-bond donors (Lipinski definition) is 4. The van der Waals surface area contributed by atoms with E-state index in [2.05, 4.69) is 35.1 Å². The quantitative estimate of drug-likeness (QED) is 0.361. The molecule has 2 saturated carbocycles. The van der Waals surface area contributed by atoms with Gasteiger partial charge in [0.25, 0.3) is 5.91 Å². The van der Waals surface area contributed by atoms with Gasteiger partial charge in [0.1, 0.15) is 12.1 Å². The monoisotopic (exact) mass is 519 g/mol. The van der Waals surface area contributed by atoms with E-state index in [1.165, 1.54) is 7.05 Å². The molecule has 10 heteroatoms. The SMILES string of the molecule is CNC(=O)C(=O)C(CC1CC1)NC(=O)[C@@H]1[C@@H]2[C@H](CN1C(=O)[C@@H](NC(=O)NC(C)(C)C)C(C)(C)C)C2(C)C. The maximum Gasteiger partial charge on any atom is 0.315 e. The number of likely N-dealkylation sites (N-methyl/N-ethyl adjacent to an activating group) is 1. The molecule has 0 radical (unpaired) electrons. The summed E-state index contributed by atoms with van der Waals surface area (Å²) >= 11 is 0. The van der Waals surface area contributed by atoms with Crippen molar-refractivity contribution < 1.29 is 24.0 Å². The topological polar surface area (TPSA) is 137 Å². The lowest BCUT2D eigenvalue weighted by Crippen LogP contribution is -2.62. The van der Waals surface area contributed by atoms with Gasteiger partial charge in [-0.1, -0.05) is 47.5 Å². The molecule has 0 aromatic heterocycles. The highest BCUT2D eigenvalue weighted by molar-refractivity contribution is 6.38. The highest BCUT2D eigenvalue weighted by Gasteiger charge is 2.70. The van der Waals surface area contributed by atoms with E-state index in [0.29, 0.717) is 18.9 Å². The second-order valence-corrected chi connectivity index (χ2v) is 13.7. The number of ketones is 1. The number of carbonyl (C=O) groups excluding carboxylic acids is 5. The van der Waals surface area contributed by atoms with Gasteiger partial charge in [0.05, 0.1) is 6.04 Å². The van der Waals surface area contributed by atoms with Crippen LogP contribution in [0.2, 0.25) is 0 Å². The Kier molecular flexibility index (Phi) is 7.74. The molecule has 5 atom stereocenters. The van der Waals surface area contributed by atoms with Crippen LogP contribution in [0.5, 0.6) is 0 Å². The van der Waals surface area contributed by atoms with Crippen LogP contribution >= 0.6 is 0 Å². The molecule has 1 heterocycles. The second-order valence-electron chi connectivity index (χ2n) is 13.7. The average Bonchev–Trinajstić information content (AvgIpc) is 3.60. The standard InChI is InChI=1S/C27H45N5O5/c1-25(2,3)20(30-24(37)31-26(4,5)6)23(36)32-13-15-17(27(15,7)8)18(32)21(34)29-16(12-14-10-11-14)19(33)22(35)28-9/h14-18,20H,10-13H2,1-9H3,(H,28,35)(H,29,34)(H2,30,31,37)/t15-,16?,17-,18-,20+/m0/s1. The van der Waals surface area contributed by atoms with E-state index in [1.54, 1.807) is 4.90 Å². The minimum Gasteiger partial charge on any atom is -0.353 e. The molecular weight excluding hydrogens is 474 g/mol. The van der Waals surface area contributed by atoms with Crippen molar-refractivity contribution in [1.29, 1.82) is 0 Å². The van der Waals surface area contributed by atoms with E-state index >= 15 is 0 Å². The lowest BCUT2D eigenvalue weighted by atomic mass is 9.85. The molecule has 3 fully saturated rings. The molecule has 37 heavy (non-hydrogen) atoms. The smallest absolute Gasteiger partial charge is 0.315 e. The minimum absolute atomic E-state index is 0.0582. The van der Waals surface area contributed by atoms with Gasteiger partial charge in [-0.15, -0.1) is 0 Å². The van der Waals surface area contributed by atoms with Crippen molar-refractivity contribution >= 4 is 29.5 Å². The molecule has 0 bridgehead atoms. The molecule has 5 amide bonds. The van der Waals surface area contributed by atoms with Crippen LogP contribution in [0.4, 0.5) is 4.79 Å². The van der Waals surface area contributed by atoms with Crippen molar-refractivity contribution in [3.63, 3.8) is 0 Å². The molecule has 0 aromatic rings. The Hall–Kier alpha value is -2.65. The summed E-state index contributed by atoms with van der Waals surface area (Å²) in [5.74, 6) is -1.75. The van der Waals surface area contributed by atoms with Gasteiger partial charge in [-0.3, -0.25) is 19.2 Å². The summed E-state index contributed by atoms with van der Waals surface area (Å²) in [7, 11) is 1.39. The van der Waals surface area contributed by atoms with Gasteiger partial charge in [-0.25, -0.2) is 4.79 Å². The normalized spacial score (nSPS) is 25.9. The molecule has 3 aliphatic rings. The highest BCUT2D eigenvalue weighted by Crippen LogP contribution is 2.65. The fourth-order valence-corrected chi connectivity index (χ4v) is 5.59. The molecule has 2 aliphatic carbocycles. The summed E-state index contributed by atoms with van der Waals surface area (Å²) in [4.78, 5) is 66.7. The molecule has 1 unspecified atom stereocenters. The number of amides is 5. The maximum atomic E-state index is 13.9. The molecule has 0 spiro atoms. The number of piperidine rings is 1. The van der Waals surface area contributed by atoms with Crippen molar-refractivity contribution in [1.82, 2.24) is 26.2 Å². The summed E-state index contributed by atoms with van der Waals surface area (Å²) in [6, 6.07) is -3.01. The lowest BCUT2D eigenvalue weighted by Gasteiger charge is -2.38. The van der Waals surface area contributed by atoms with E-state index in [0.717, 1.165) is 12.8 Å². The van der Waals surface area contributed by atoms with E-state index in [-0.39, 0.29) is 23.2 Å². The summed E-state index contributed by atoms with van der Waals surface area (Å²) in [6.07, 6.45) is 2.35. The molecule has 10 nitrogen and oxygen atoms in total. The van der Waals surface area contributed by atoms with E-state index in [9.17, 15) is 24.0 Å². The van der Waals surface area contributed by atoms with Crippen molar-refractivity contribution in [3.05, 3.63) is 0 Å². The third-order valence-electron chi connectivity index (χ3n) is 7.99. The molecule has 3 rings (SSSR count). The van der Waals surface area contributed by atoms with Crippen molar-refractivity contribution in [2.75, 3.05) is 13.6 Å². The summed E-state index contributed by atoms with van der Waals surface area (Å²) < 4.78 is 0. The number of likely N-dealkylation sites (tertiary alicyclic amines) is 1. The summed E-state index contributed by atoms with van der Waals surface area (Å²) in [5, 5.41) is 10.9. The maximum absolute atomic E-state index is 13.9. The fraction of sp³-hybridized carbons (Fsp3) is 0.815. The summed E-state index contributed by atoms with van der Waals surface area (Å²) in [5.41, 5.74) is -1.21. The predicted octanol–water partition coefficient (Wildman–Crippen LogP) is 1.58. The minimum atomic E-state index is -0.924. The van der Waals surface area contributed by atoms with Crippen molar-refractivity contribution in [2.24, 2.45) is 28.6 Å². The Morgan fingerprint density at radius 3 is 2.05 bits per heavy atom. The largest absolute Gasteiger partial charge is 0.353 e. The predicted molar refractivity (Wildman–Crippen MR) is 139 cm³/mol. The zero-order valence-electron chi connectivity index (χ0n) is 23.8. The number of nitrogens with zero attached hydrogens (tertiary/aromatic N) is 1. The summed E-state index contributed by atoms with van der Waals surface area (Å²) in [6.45, 7) is 15.7. The Bertz CT molecular complexity index is 959. The van der Waals surface area contributed by atoms with Crippen molar-refractivity contribution in [3.8, 4) is 0 Å². The third-order valence-corrected chi connectivity index (χ3v) is 7.99. The first-order valence-electron chi connectivity index (χ1n) is 13.3. The van der Waals surface area contributed by atoms with Gasteiger partial charge in [-0.2, -0.15) is 0 Å². The van der Waals surface area contributed by atoms with E-state index in [1.807, 2.05) is 41.5 Å². The van der Waals surface area contributed by atoms with Gasteiger partial charge >= 0.3 is 6.03 Å². The van der Waals surface area contributed by atoms with Gasteiger partial charge in [0.2, 0.25) is 17.6 Å².